The molecule has 2 nitrogen and oxygen atoms in total. The van der Waals surface area contributed by atoms with Crippen LogP contribution in [0.3, 0.4) is 0 Å². The average molecular weight is 601 g/mol. The molecule has 2 heterocycles. The Balaban J connectivity index is 1.27. The summed E-state index contributed by atoms with van der Waals surface area (Å²) in [6.07, 6.45) is 0. The molecule has 0 bridgehead atoms. The lowest BCUT2D eigenvalue weighted by Gasteiger charge is -2.22. The van der Waals surface area contributed by atoms with Crippen LogP contribution in [0.4, 0.5) is 0 Å². The molecule has 0 saturated carbocycles. The minimum atomic E-state index is -0.0632. The normalized spacial score (nSPS) is 13.5. The van der Waals surface area contributed by atoms with Crippen molar-refractivity contribution in [3.8, 4) is 33.6 Å². The van der Waals surface area contributed by atoms with Crippen LogP contribution in [0.5, 0.6) is 0 Å². The van der Waals surface area contributed by atoms with E-state index in [1.807, 2.05) is 0 Å². The van der Waals surface area contributed by atoms with E-state index in [1.165, 1.54) is 82.7 Å². The van der Waals surface area contributed by atoms with Crippen LogP contribution < -0.4 is 0 Å². The van der Waals surface area contributed by atoms with Crippen molar-refractivity contribution in [3.63, 3.8) is 0 Å². The van der Waals surface area contributed by atoms with Gasteiger partial charge in [0.1, 0.15) is 0 Å². The number of para-hydroxylation sites is 2. The second kappa shape index (κ2) is 9.57. The summed E-state index contributed by atoms with van der Waals surface area (Å²) in [4.78, 5) is 0. The van der Waals surface area contributed by atoms with Crippen LogP contribution in [0.25, 0.3) is 77.2 Å². The molecule has 0 atom stereocenters. The lowest BCUT2D eigenvalue weighted by atomic mass is 9.82. The number of benzene rings is 7. The predicted octanol–water partition coefficient (Wildman–Crippen LogP) is 11.9. The molecule has 0 aliphatic heterocycles. The fourth-order valence-corrected chi connectivity index (χ4v) is 8.32. The van der Waals surface area contributed by atoms with Crippen LogP contribution in [0.1, 0.15) is 25.0 Å². The molecular weight excluding hydrogens is 569 g/mol. The molecule has 0 amide bonds. The maximum atomic E-state index is 2.48. The molecule has 47 heavy (non-hydrogen) atoms. The number of rotatable bonds is 3. The van der Waals surface area contributed by atoms with Gasteiger partial charge in [-0.2, -0.15) is 0 Å². The topological polar surface area (TPSA) is 9.86 Å². The third-order valence-corrected chi connectivity index (χ3v) is 10.5. The summed E-state index contributed by atoms with van der Waals surface area (Å²) >= 11 is 0. The first kappa shape index (κ1) is 26.4. The Morgan fingerprint density at radius 3 is 1.83 bits per heavy atom. The zero-order valence-electron chi connectivity index (χ0n) is 26.4. The predicted molar refractivity (Wildman–Crippen MR) is 198 cm³/mol. The molecule has 2 aromatic heterocycles. The fourth-order valence-electron chi connectivity index (χ4n) is 8.32. The van der Waals surface area contributed by atoms with Crippen molar-refractivity contribution < 1.29 is 0 Å². The van der Waals surface area contributed by atoms with Crippen molar-refractivity contribution in [1.29, 1.82) is 0 Å². The van der Waals surface area contributed by atoms with Gasteiger partial charge in [-0.25, -0.2) is 0 Å². The third kappa shape index (κ3) is 3.61. The van der Waals surface area contributed by atoms with Crippen LogP contribution >= 0.6 is 0 Å². The van der Waals surface area contributed by atoms with Crippen molar-refractivity contribution in [2.45, 2.75) is 19.3 Å². The molecule has 0 unspecified atom stereocenters. The number of fused-ring (bicyclic) bond motifs is 10. The molecule has 0 radical (unpaired) electrons. The van der Waals surface area contributed by atoms with E-state index in [9.17, 15) is 0 Å². The van der Waals surface area contributed by atoms with Gasteiger partial charge in [0.2, 0.25) is 0 Å². The fraction of sp³-hybridized carbons (Fsp3) is 0.0667. The summed E-state index contributed by atoms with van der Waals surface area (Å²) in [6.45, 7) is 4.72. The molecule has 0 N–H and O–H groups in total. The summed E-state index contributed by atoms with van der Waals surface area (Å²) in [6, 6.07) is 58.0. The standard InChI is InChI=1S/C45H32N2/c1-45(2)38-17-9-6-14-33(38)34-25-24-32(28-39(34)45)46-41-19-11-8-16-37(41)43-42(46)27-26-36-35-15-7-10-18-40(35)47(44(36)43)31-22-20-30(21-23-31)29-12-4-3-5-13-29/h3-28H,1-2H3. The summed E-state index contributed by atoms with van der Waals surface area (Å²) in [5.74, 6) is 0. The molecule has 9 aromatic rings. The van der Waals surface area contributed by atoms with Gasteiger partial charge < -0.3 is 9.13 Å². The molecule has 0 saturated heterocycles. The lowest BCUT2D eigenvalue weighted by molar-refractivity contribution is 0.660. The zero-order chi connectivity index (χ0) is 31.3. The Morgan fingerprint density at radius 2 is 1.02 bits per heavy atom. The average Bonchev–Trinajstić information content (AvgIpc) is 3.72. The highest BCUT2D eigenvalue weighted by Gasteiger charge is 2.35. The monoisotopic (exact) mass is 600 g/mol. The van der Waals surface area contributed by atoms with Crippen LogP contribution in [-0.4, -0.2) is 9.13 Å². The quantitative estimate of drug-likeness (QED) is 0.191. The van der Waals surface area contributed by atoms with E-state index in [0.29, 0.717) is 0 Å². The zero-order valence-corrected chi connectivity index (χ0v) is 26.4. The van der Waals surface area contributed by atoms with Crippen molar-refractivity contribution in [3.05, 3.63) is 169 Å². The highest BCUT2D eigenvalue weighted by Crippen LogP contribution is 2.50. The van der Waals surface area contributed by atoms with Gasteiger partial charge in [0.05, 0.1) is 22.1 Å². The van der Waals surface area contributed by atoms with Crippen molar-refractivity contribution in [2.24, 2.45) is 0 Å². The van der Waals surface area contributed by atoms with Gasteiger partial charge in [0.25, 0.3) is 0 Å². The Labute approximate surface area is 273 Å². The maximum absolute atomic E-state index is 2.48. The summed E-state index contributed by atoms with van der Waals surface area (Å²) in [5.41, 5.74) is 15.1. The Kier molecular flexibility index (Phi) is 5.37. The van der Waals surface area contributed by atoms with E-state index in [4.69, 9.17) is 0 Å². The molecule has 222 valence electrons. The third-order valence-electron chi connectivity index (χ3n) is 10.5. The van der Waals surface area contributed by atoms with Gasteiger partial charge in [-0.1, -0.05) is 129 Å². The molecule has 10 rings (SSSR count). The van der Waals surface area contributed by atoms with E-state index in [-0.39, 0.29) is 5.41 Å². The van der Waals surface area contributed by atoms with E-state index in [1.54, 1.807) is 0 Å². The van der Waals surface area contributed by atoms with Crippen molar-refractivity contribution >= 4 is 43.6 Å². The van der Waals surface area contributed by atoms with E-state index in [2.05, 4.69) is 181 Å². The Hall–Kier alpha value is -5.86. The van der Waals surface area contributed by atoms with Gasteiger partial charge in [-0.3, -0.25) is 0 Å². The second-order valence-corrected chi connectivity index (χ2v) is 13.4. The molecule has 1 aliphatic rings. The van der Waals surface area contributed by atoms with Gasteiger partial charge in [0, 0.05) is 38.3 Å². The van der Waals surface area contributed by atoms with Gasteiger partial charge in [-0.05, 0) is 75.8 Å². The van der Waals surface area contributed by atoms with E-state index >= 15 is 0 Å². The smallest absolute Gasteiger partial charge is 0.0641 e. The van der Waals surface area contributed by atoms with Gasteiger partial charge in [0.15, 0.2) is 0 Å². The van der Waals surface area contributed by atoms with Gasteiger partial charge in [-0.15, -0.1) is 0 Å². The first-order valence-electron chi connectivity index (χ1n) is 16.5. The summed E-state index contributed by atoms with van der Waals surface area (Å²) in [7, 11) is 0. The molecule has 1 aliphatic carbocycles. The van der Waals surface area contributed by atoms with Crippen LogP contribution in [0.15, 0.2) is 158 Å². The molecule has 7 aromatic carbocycles. The highest BCUT2D eigenvalue weighted by atomic mass is 15.0. The van der Waals surface area contributed by atoms with Crippen molar-refractivity contribution in [2.75, 3.05) is 0 Å². The minimum absolute atomic E-state index is 0.0632. The van der Waals surface area contributed by atoms with Crippen LogP contribution in [0.2, 0.25) is 0 Å². The van der Waals surface area contributed by atoms with Gasteiger partial charge >= 0.3 is 0 Å². The molecular formula is C45H32N2. The molecule has 0 fully saturated rings. The number of aromatic nitrogens is 2. The summed E-state index contributed by atoms with van der Waals surface area (Å²) < 4.78 is 4.95. The SMILES string of the molecule is CC1(C)c2ccccc2-c2ccc(-n3c4ccccc4c4c3ccc3c5ccccc5n(-c5ccc(-c6ccccc6)cc5)c34)cc21. The van der Waals surface area contributed by atoms with E-state index in [0.717, 1.165) is 5.69 Å². The second-order valence-electron chi connectivity index (χ2n) is 13.4. The maximum Gasteiger partial charge on any atom is 0.0641 e. The first-order chi connectivity index (χ1) is 23.1. The number of hydrogen-bond acceptors (Lipinski definition) is 0. The largest absolute Gasteiger partial charge is 0.309 e. The Bertz CT molecular complexity index is 2680. The highest BCUT2D eigenvalue weighted by molar-refractivity contribution is 6.26. The number of nitrogens with zero attached hydrogens (tertiary/aromatic N) is 2. The minimum Gasteiger partial charge on any atom is -0.309 e. The van der Waals surface area contributed by atoms with Crippen LogP contribution in [0, 0.1) is 0 Å². The van der Waals surface area contributed by atoms with Crippen LogP contribution in [-0.2, 0) is 5.41 Å². The molecule has 0 spiro atoms. The lowest BCUT2D eigenvalue weighted by Crippen LogP contribution is -2.15. The number of hydrogen-bond donors (Lipinski definition) is 0. The van der Waals surface area contributed by atoms with Crippen molar-refractivity contribution in [1.82, 2.24) is 9.13 Å². The van der Waals surface area contributed by atoms with E-state index < -0.39 is 0 Å². The molecule has 2 heteroatoms. The summed E-state index contributed by atoms with van der Waals surface area (Å²) in [5, 5.41) is 5.09. The first-order valence-corrected chi connectivity index (χ1v) is 16.5. The Morgan fingerprint density at radius 1 is 0.404 bits per heavy atom.